The highest BCUT2D eigenvalue weighted by atomic mass is 35.5. The third-order valence-electron chi connectivity index (χ3n) is 2.67. The molecule has 4 nitrogen and oxygen atoms in total. The van der Waals surface area contributed by atoms with Crippen LogP contribution < -0.4 is 10.1 Å². The Hall–Kier alpha value is -1.81. The summed E-state index contributed by atoms with van der Waals surface area (Å²) in [5, 5.41) is 4.00. The standard InChI is InChI=1S/C14H16ClN3O/c1-3-19-14-10(2)13(17-9-18-14)16-8-11-5-4-6-12(15)7-11/h4-7,9H,3,8H2,1-2H3,(H,16,17,18). The molecule has 2 aromatic rings. The number of rotatable bonds is 5. The van der Waals surface area contributed by atoms with Gasteiger partial charge in [-0.25, -0.2) is 9.97 Å². The second-order valence-electron chi connectivity index (χ2n) is 4.07. The van der Waals surface area contributed by atoms with E-state index in [2.05, 4.69) is 15.3 Å². The molecule has 0 bridgehead atoms. The maximum atomic E-state index is 5.95. The summed E-state index contributed by atoms with van der Waals surface area (Å²) in [5.41, 5.74) is 2.01. The van der Waals surface area contributed by atoms with Gasteiger partial charge in [-0.2, -0.15) is 0 Å². The fourth-order valence-corrected chi connectivity index (χ4v) is 1.94. The SMILES string of the molecule is CCOc1ncnc(NCc2cccc(Cl)c2)c1C. The first-order chi connectivity index (χ1) is 9.20. The molecule has 0 aliphatic heterocycles. The molecule has 0 saturated carbocycles. The molecule has 1 N–H and O–H groups in total. The van der Waals surface area contributed by atoms with Crippen molar-refractivity contribution in [3.63, 3.8) is 0 Å². The average molecular weight is 278 g/mol. The molecule has 0 radical (unpaired) electrons. The minimum absolute atomic E-state index is 0.589. The zero-order valence-electron chi connectivity index (χ0n) is 11.0. The molecule has 0 spiro atoms. The van der Waals surface area contributed by atoms with Gasteiger partial charge in [0.15, 0.2) is 0 Å². The molecule has 19 heavy (non-hydrogen) atoms. The number of nitrogens with one attached hydrogen (secondary N) is 1. The Morgan fingerprint density at radius 1 is 1.32 bits per heavy atom. The number of ether oxygens (including phenoxy) is 1. The van der Waals surface area contributed by atoms with Crippen molar-refractivity contribution in [3.8, 4) is 5.88 Å². The number of hydrogen-bond donors (Lipinski definition) is 1. The molecule has 0 unspecified atom stereocenters. The maximum absolute atomic E-state index is 5.95. The zero-order chi connectivity index (χ0) is 13.7. The van der Waals surface area contributed by atoms with E-state index in [1.165, 1.54) is 6.33 Å². The van der Waals surface area contributed by atoms with E-state index in [1.54, 1.807) is 0 Å². The van der Waals surface area contributed by atoms with Crippen molar-refractivity contribution in [1.29, 1.82) is 0 Å². The Labute approximate surface area is 117 Å². The number of benzene rings is 1. The fraction of sp³-hybridized carbons (Fsp3) is 0.286. The van der Waals surface area contributed by atoms with E-state index in [0.29, 0.717) is 19.0 Å². The van der Waals surface area contributed by atoms with Gasteiger partial charge in [0.05, 0.1) is 12.2 Å². The van der Waals surface area contributed by atoms with Crippen molar-refractivity contribution in [2.75, 3.05) is 11.9 Å². The molecule has 1 heterocycles. The van der Waals surface area contributed by atoms with E-state index in [4.69, 9.17) is 16.3 Å². The van der Waals surface area contributed by atoms with E-state index < -0.39 is 0 Å². The third-order valence-corrected chi connectivity index (χ3v) is 2.90. The molecule has 100 valence electrons. The first kappa shape index (κ1) is 13.6. The van der Waals surface area contributed by atoms with Crippen LogP contribution >= 0.6 is 11.6 Å². The van der Waals surface area contributed by atoms with Gasteiger partial charge in [0, 0.05) is 11.6 Å². The van der Waals surface area contributed by atoms with Crippen LogP contribution in [-0.4, -0.2) is 16.6 Å². The molecular formula is C14H16ClN3O. The maximum Gasteiger partial charge on any atom is 0.221 e. The topological polar surface area (TPSA) is 47.0 Å². The Balaban J connectivity index is 2.09. The summed E-state index contributed by atoms with van der Waals surface area (Å²) >= 11 is 5.95. The molecule has 0 saturated heterocycles. The van der Waals surface area contributed by atoms with Crippen LogP contribution in [0.25, 0.3) is 0 Å². The largest absolute Gasteiger partial charge is 0.478 e. The molecule has 1 aromatic heterocycles. The molecular weight excluding hydrogens is 262 g/mol. The highest BCUT2D eigenvalue weighted by molar-refractivity contribution is 6.30. The predicted octanol–water partition coefficient (Wildman–Crippen LogP) is 3.45. The normalized spacial score (nSPS) is 10.3. The zero-order valence-corrected chi connectivity index (χ0v) is 11.7. The smallest absolute Gasteiger partial charge is 0.221 e. The van der Waals surface area contributed by atoms with Gasteiger partial charge in [-0.15, -0.1) is 0 Å². The van der Waals surface area contributed by atoms with Crippen molar-refractivity contribution in [3.05, 3.63) is 46.7 Å². The van der Waals surface area contributed by atoms with Crippen LogP contribution in [0.2, 0.25) is 5.02 Å². The number of nitrogens with zero attached hydrogens (tertiary/aromatic N) is 2. The van der Waals surface area contributed by atoms with E-state index in [1.807, 2.05) is 38.1 Å². The molecule has 1 aromatic carbocycles. The highest BCUT2D eigenvalue weighted by Crippen LogP contribution is 2.21. The first-order valence-electron chi connectivity index (χ1n) is 6.13. The van der Waals surface area contributed by atoms with E-state index in [9.17, 15) is 0 Å². The van der Waals surface area contributed by atoms with Crippen LogP contribution in [0.1, 0.15) is 18.1 Å². The summed E-state index contributed by atoms with van der Waals surface area (Å²) in [4.78, 5) is 8.33. The average Bonchev–Trinajstić information content (AvgIpc) is 2.40. The minimum atomic E-state index is 0.589. The van der Waals surface area contributed by atoms with Gasteiger partial charge < -0.3 is 10.1 Å². The Morgan fingerprint density at radius 2 is 2.16 bits per heavy atom. The summed E-state index contributed by atoms with van der Waals surface area (Å²) in [6.45, 7) is 5.11. The molecule has 0 amide bonds. The molecule has 2 rings (SSSR count). The molecule has 0 aliphatic carbocycles. The lowest BCUT2D eigenvalue weighted by Gasteiger charge is -2.11. The second kappa shape index (κ2) is 6.38. The van der Waals surface area contributed by atoms with Gasteiger partial charge in [-0.3, -0.25) is 0 Å². The van der Waals surface area contributed by atoms with Crippen LogP contribution in [0.5, 0.6) is 5.88 Å². The summed E-state index contributed by atoms with van der Waals surface area (Å²) in [5.74, 6) is 1.39. The molecule has 0 aliphatic rings. The van der Waals surface area contributed by atoms with Gasteiger partial charge in [0.25, 0.3) is 0 Å². The van der Waals surface area contributed by atoms with Crippen LogP contribution in [0.3, 0.4) is 0 Å². The third kappa shape index (κ3) is 3.58. The number of halogens is 1. The summed E-state index contributed by atoms with van der Waals surface area (Å²) in [6.07, 6.45) is 1.50. The lowest BCUT2D eigenvalue weighted by molar-refractivity contribution is 0.324. The van der Waals surface area contributed by atoms with Crippen LogP contribution in [-0.2, 0) is 6.54 Å². The van der Waals surface area contributed by atoms with E-state index >= 15 is 0 Å². The van der Waals surface area contributed by atoms with Crippen molar-refractivity contribution in [1.82, 2.24) is 9.97 Å². The Kier molecular flexibility index (Phi) is 4.58. The Morgan fingerprint density at radius 3 is 2.89 bits per heavy atom. The second-order valence-corrected chi connectivity index (χ2v) is 4.51. The van der Waals surface area contributed by atoms with Gasteiger partial charge in [0.2, 0.25) is 5.88 Å². The van der Waals surface area contributed by atoms with Crippen LogP contribution in [0.15, 0.2) is 30.6 Å². The molecule has 0 fully saturated rings. The lowest BCUT2D eigenvalue weighted by atomic mass is 10.2. The predicted molar refractivity (Wildman–Crippen MR) is 76.7 cm³/mol. The number of aromatic nitrogens is 2. The molecule has 5 heteroatoms. The summed E-state index contributed by atoms with van der Waals surface area (Å²) in [6, 6.07) is 7.72. The summed E-state index contributed by atoms with van der Waals surface area (Å²) < 4.78 is 5.44. The quantitative estimate of drug-likeness (QED) is 0.909. The lowest BCUT2D eigenvalue weighted by Crippen LogP contribution is -2.06. The first-order valence-corrected chi connectivity index (χ1v) is 6.51. The number of hydrogen-bond acceptors (Lipinski definition) is 4. The van der Waals surface area contributed by atoms with Crippen LogP contribution in [0.4, 0.5) is 5.82 Å². The Bertz CT molecular complexity index is 560. The highest BCUT2D eigenvalue weighted by Gasteiger charge is 2.07. The summed E-state index contributed by atoms with van der Waals surface area (Å²) in [7, 11) is 0. The van der Waals surface area contributed by atoms with Crippen molar-refractivity contribution >= 4 is 17.4 Å². The number of anilines is 1. The van der Waals surface area contributed by atoms with E-state index in [0.717, 1.165) is 22.0 Å². The van der Waals surface area contributed by atoms with Crippen molar-refractivity contribution in [2.45, 2.75) is 20.4 Å². The van der Waals surface area contributed by atoms with E-state index in [-0.39, 0.29) is 0 Å². The van der Waals surface area contributed by atoms with Crippen LogP contribution in [0, 0.1) is 6.92 Å². The van der Waals surface area contributed by atoms with Crippen molar-refractivity contribution < 1.29 is 4.74 Å². The minimum Gasteiger partial charge on any atom is -0.478 e. The van der Waals surface area contributed by atoms with Gasteiger partial charge in [-0.05, 0) is 31.5 Å². The fourth-order valence-electron chi connectivity index (χ4n) is 1.73. The molecule has 0 atom stereocenters. The van der Waals surface area contributed by atoms with Gasteiger partial charge >= 0.3 is 0 Å². The van der Waals surface area contributed by atoms with Crippen molar-refractivity contribution in [2.24, 2.45) is 0 Å². The van der Waals surface area contributed by atoms with Gasteiger partial charge in [0.1, 0.15) is 12.1 Å². The monoisotopic (exact) mass is 277 g/mol. The van der Waals surface area contributed by atoms with Gasteiger partial charge in [-0.1, -0.05) is 23.7 Å².